The molecule has 1 aromatic rings. The van der Waals surface area contributed by atoms with Crippen molar-refractivity contribution in [2.45, 2.75) is 71.8 Å². The summed E-state index contributed by atoms with van der Waals surface area (Å²) < 4.78 is 6.34. The van der Waals surface area contributed by atoms with Crippen LogP contribution in [0.25, 0.3) is 0 Å². The Kier molecular flexibility index (Phi) is 3.81. The van der Waals surface area contributed by atoms with Gasteiger partial charge >= 0.3 is 0 Å². The molecule has 2 heteroatoms. The van der Waals surface area contributed by atoms with Crippen LogP contribution in [0.5, 0.6) is 5.75 Å². The normalized spacial score (nSPS) is 24.5. The largest absolute Gasteiger partial charge is 0.489 e. The summed E-state index contributed by atoms with van der Waals surface area (Å²) in [5.41, 5.74) is 3.54. The number of hydrogen-bond acceptors (Lipinski definition) is 2. The molecule has 0 aromatic heterocycles. The fourth-order valence-corrected chi connectivity index (χ4v) is 4.01. The summed E-state index contributed by atoms with van der Waals surface area (Å²) in [5.74, 6) is 1.42. The minimum atomic E-state index is -0.166. The van der Waals surface area contributed by atoms with Crippen LogP contribution in [0.4, 0.5) is 0 Å². The maximum atomic E-state index is 12.3. The Morgan fingerprint density at radius 3 is 2.33 bits per heavy atom. The molecular weight excluding hydrogens is 260 g/mol. The average Bonchev–Trinajstić information content (AvgIpc) is 2.71. The quantitative estimate of drug-likeness (QED) is 0.789. The topological polar surface area (TPSA) is 26.3 Å². The molecule has 0 radical (unpaired) electrons. The molecule has 0 bridgehead atoms. The predicted molar refractivity (Wildman–Crippen MR) is 84.8 cm³/mol. The van der Waals surface area contributed by atoms with E-state index in [0.717, 1.165) is 18.6 Å². The zero-order chi connectivity index (χ0) is 15.0. The van der Waals surface area contributed by atoms with Gasteiger partial charge in [0.2, 0.25) is 0 Å². The van der Waals surface area contributed by atoms with Crippen molar-refractivity contribution in [2.75, 3.05) is 0 Å². The molecule has 0 aliphatic heterocycles. The van der Waals surface area contributed by atoms with Crippen LogP contribution in [0.3, 0.4) is 0 Å². The molecule has 0 saturated heterocycles. The molecule has 2 saturated carbocycles. The van der Waals surface area contributed by atoms with E-state index in [1.165, 1.54) is 42.4 Å². The molecule has 114 valence electrons. The number of ether oxygens (including phenoxy) is 1. The fraction of sp³-hybridized carbons (Fsp3) is 0.632. The van der Waals surface area contributed by atoms with Gasteiger partial charge in [-0.25, -0.2) is 0 Å². The maximum Gasteiger partial charge on any atom is 0.146 e. The molecule has 2 nitrogen and oxygen atoms in total. The number of hydrogen-bond donors (Lipinski definition) is 0. The Labute approximate surface area is 127 Å². The second-order valence-corrected chi connectivity index (χ2v) is 7.01. The highest BCUT2D eigenvalue weighted by Gasteiger charge is 2.55. The predicted octanol–water partition coefficient (Wildman–Crippen LogP) is 4.67. The molecule has 21 heavy (non-hydrogen) atoms. The summed E-state index contributed by atoms with van der Waals surface area (Å²) in [6.07, 6.45) is 7.65. The number of benzene rings is 1. The Balaban J connectivity index is 1.83. The van der Waals surface area contributed by atoms with Crippen LogP contribution in [0, 0.1) is 26.2 Å². The number of ketones is 1. The van der Waals surface area contributed by atoms with Gasteiger partial charge in [-0.1, -0.05) is 31.7 Å². The molecule has 0 amide bonds. The molecule has 1 unspecified atom stereocenters. The molecule has 2 aliphatic rings. The van der Waals surface area contributed by atoms with Crippen molar-refractivity contribution in [1.29, 1.82) is 0 Å². The monoisotopic (exact) mass is 286 g/mol. The second kappa shape index (κ2) is 5.47. The van der Waals surface area contributed by atoms with Gasteiger partial charge in [-0.2, -0.15) is 0 Å². The van der Waals surface area contributed by atoms with E-state index in [9.17, 15) is 4.79 Å². The minimum Gasteiger partial charge on any atom is -0.489 e. The van der Waals surface area contributed by atoms with Crippen molar-refractivity contribution in [3.63, 3.8) is 0 Å². The van der Waals surface area contributed by atoms with E-state index in [2.05, 4.69) is 32.9 Å². The lowest BCUT2D eigenvalue weighted by molar-refractivity contribution is -0.154. The van der Waals surface area contributed by atoms with E-state index in [1.807, 2.05) is 0 Å². The summed E-state index contributed by atoms with van der Waals surface area (Å²) in [6, 6.07) is 4.31. The van der Waals surface area contributed by atoms with Crippen LogP contribution in [0.1, 0.15) is 61.6 Å². The van der Waals surface area contributed by atoms with Gasteiger partial charge in [0.05, 0.1) is 5.41 Å². The highest BCUT2D eigenvalue weighted by Crippen LogP contribution is 2.50. The highest BCUT2D eigenvalue weighted by molar-refractivity contribution is 5.92. The third kappa shape index (κ3) is 2.49. The van der Waals surface area contributed by atoms with Gasteiger partial charge < -0.3 is 4.74 Å². The lowest BCUT2D eigenvalue weighted by atomic mass is 9.60. The van der Waals surface area contributed by atoms with Crippen LogP contribution < -0.4 is 4.74 Å². The molecule has 2 aliphatic carbocycles. The second-order valence-electron chi connectivity index (χ2n) is 7.01. The Morgan fingerprint density at radius 2 is 1.71 bits per heavy atom. The summed E-state index contributed by atoms with van der Waals surface area (Å²) in [7, 11) is 0. The van der Waals surface area contributed by atoms with Gasteiger partial charge in [0.25, 0.3) is 0 Å². The molecule has 1 atom stereocenters. The SMILES string of the molecule is Cc1cc(C)c(C)c(OC2CC(=O)C23CCCCCC3)c1. The summed E-state index contributed by atoms with van der Waals surface area (Å²) in [4.78, 5) is 12.3. The molecule has 2 fully saturated rings. The van der Waals surface area contributed by atoms with E-state index in [4.69, 9.17) is 4.74 Å². The number of Topliss-reactive ketones (excluding diaryl/α,β-unsaturated/α-hetero) is 1. The highest BCUT2D eigenvalue weighted by atomic mass is 16.5. The molecule has 1 spiro atoms. The summed E-state index contributed by atoms with van der Waals surface area (Å²) in [5, 5.41) is 0. The van der Waals surface area contributed by atoms with Gasteiger partial charge in [-0.05, 0) is 56.4 Å². The number of carbonyl (C=O) groups is 1. The van der Waals surface area contributed by atoms with E-state index in [0.29, 0.717) is 12.2 Å². The smallest absolute Gasteiger partial charge is 0.146 e. The van der Waals surface area contributed by atoms with Crippen molar-refractivity contribution in [3.8, 4) is 5.75 Å². The van der Waals surface area contributed by atoms with E-state index in [-0.39, 0.29) is 11.5 Å². The van der Waals surface area contributed by atoms with E-state index in [1.54, 1.807) is 0 Å². The van der Waals surface area contributed by atoms with Crippen molar-refractivity contribution >= 4 is 5.78 Å². The number of carbonyl (C=O) groups excluding carboxylic acids is 1. The molecule has 1 aromatic carbocycles. The van der Waals surface area contributed by atoms with Crippen molar-refractivity contribution in [3.05, 3.63) is 28.8 Å². The summed E-state index contributed by atoms with van der Waals surface area (Å²) in [6.45, 7) is 6.35. The van der Waals surface area contributed by atoms with Crippen LogP contribution >= 0.6 is 0 Å². The standard InChI is InChI=1S/C19H26O2/c1-13-10-14(2)15(3)16(11-13)21-18-12-17(20)19(18)8-6-4-5-7-9-19/h10-11,18H,4-9,12H2,1-3H3. The van der Waals surface area contributed by atoms with Gasteiger partial charge in [-0.15, -0.1) is 0 Å². The zero-order valence-electron chi connectivity index (χ0n) is 13.5. The van der Waals surface area contributed by atoms with Crippen molar-refractivity contribution in [2.24, 2.45) is 5.41 Å². The van der Waals surface area contributed by atoms with E-state index < -0.39 is 0 Å². The van der Waals surface area contributed by atoms with Crippen LogP contribution in [0.15, 0.2) is 12.1 Å². The van der Waals surface area contributed by atoms with Crippen LogP contribution in [-0.4, -0.2) is 11.9 Å². The first-order chi connectivity index (χ1) is 10.0. The lowest BCUT2D eigenvalue weighted by Crippen LogP contribution is -2.56. The Hall–Kier alpha value is -1.31. The Bertz CT molecular complexity index is 551. The molecule has 0 heterocycles. The first kappa shape index (κ1) is 14.6. The number of aryl methyl sites for hydroxylation is 2. The van der Waals surface area contributed by atoms with E-state index >= 15 is 0 Å². The average molecular weight is 286 g/mol. The zero-order valence-corrected chi connectivity index (χ0v) is 13.5. The minimum absolute atomic E-state index is 0.1000. The molecular formula is C19H26O2. The molecule has 0 N–H and O–H groups in total. The molecule has 3 rings (SSSR count). The first-order valence-corrected chi connectivity index (χ1v) is 8.31. The van der Waals surface area contributed by atoms with Gasteiger partial charge in [0.1, 0.15) is 17.6 Å². The maximum absolute atomic E-state index is 12.3. The van der Waals surface area contributed by atoms with Crippen molar-refractivity contribution in [1.82, 2.24) is 0 Å². The van der Waals surface area contributed by atoms with Crippen molar-refractivity contribution < 1.29 is 9.53 Å². The van der Waals surface area contributed by atoms with Gasteiger partial charge in [0, 0.05) is 6.42 Å². The lowest BCUT2D eigenvalue weighted by Gasteiger charge is -2.47. The Morgan fingerprint density at radius 1 is 1.05 bits per heavy atom. The third-order valence-electron chi connectivity index (χ3n) is 5.57. The first-order valence-electron chi connectivity index (χ1n) is 8.31. The third-order valence-corrected chi connectivity index (χ3v) is 5.57. The fourth-order valence-electron chi connectivity index (χ4n) is 4.01. The summed E-state index contributed by atoms with van der Waals surface area (Å²) >= 11 is 0. The number of rotatable bonds is 2. The van der Waals surface area contributed by atoms with Crippen LogP contribution in [0.2, 0.25) is 0 Å². The van der Waals surface area contributed by atoms with Gasteiger partial charge in [-0.3, -0.25) is 4.79 Å². The van der Waals surface area contributed by atoms with Crippen LogP contribution in [-0.2, 0) is 4.79 Å². The van der Waals surface area contributed by atoms with Gasteiger partial charge in [0.15, 0.2) is 0 Å².